The van der Waals surface area contributed by atoms with Crippen molar-refractivity contribution in [1.82, 2.24) is 24.8 Å². The minimum atomic E-state index is -0.0726. The Balaban J connectivity index is 1.49. The smallest absolute Gasteiger partial charge is 0.317 e. The van der Waals surface area contributed by atoms with Gasteiger partial charge in [0.25, 0.3) is 5.56 Å². The zero-order chi connectivity index (χ0) is 25.2. The zero-order valence-electron chi connectivity index (χ0n) is 21.2. The van der Waals surface area contributed by atoms with Gasteiger partial charge in [-0.25, -0.2) is 9.78 Å². The molecule has 0 unspecified atom stereocenters. The molecule has 9 heteroatoms. The van der Waals surface area contributed by atoms with Crippen LogP contribution in [0.3, 0.4) is 0 Å². The summed E-state index contributed by atoms with van der Waals surface area (Å²) in [4.78, 5) is 37.5. The van der Waals surface area contributed by atoms with E-state index in [-0.39, 0.29) is 29.7 Å². The van der Waals surface area contributed by atoms with E-state index in [1.165, 1.54) is 0 Å². The van der Waals surface area contributed by atoms with Gasteiger partial charge in [-0.3, -0.25) is 9.36 Å². The van der Waals surface area contributed by atoms with Gasteiger partial charge in [-0.1, -0.05) is 24.3 Å². The van der Waals surface area contributed by atoms with Crippen molar-refractivity contribution in [2.24, 2.45) is 0 Å². The maximum atomic E-state index is 13.8. The number of likely N-dealkylation sites (tertiary alicyclic amines) is 1. The van der Waals surface area contributed by atoms with E-state index < -0.39 is 0 Å². The predicted octanol–water partition coefficient (Wildman–Crippen LogP) is 3.72. The van der Waals surface area contributed by atoms with Gasteiger partial charge < -0.3 is 20.3 Å². The lowest BCUT2D eigenvalue weighted by Crippen LogP contribution is -2.50. The number of nitrogens with one attached hydrogen (secondary N) is 2. The van der Waals surface area contributed by atoms with E-state index in [1.807, 2.05) is 56.0 Å². The van der Waals surface area contributed by atoms with Crippen LogP contribution >= 0.6 is 0 Å². The van der Waals surface area contributed by atoms with Crippen LogP contribution in [0.4, 0.5) is 10.7 Å². The van der Waals surface area contributed by atoms with Crippen molar-refractivity contribution < 1.29 is 9.53 Å². The molecular formula is C27H34N6O3. The molecule has 2 aromatic heterocycles. The Morgan fingerprint density at radius 1 is 1.19 bits per heavy atom. The van der Waals surface area contributed by atoms with Crippen molar-refractivity contribution in [3.8, 4) is 11.1 Å². The van der Waals surface area contributed by atoms with Gasteiger partial charge in [0, 0.05) is 48.9 Å². The maximum Gasteiger partial charge on any atom is 0.317 e. The number of carbonyl (C=O) groups is 1. The molecule has 2 atom stereocenters. The molecule has 3 aromatic rings. The summed E-state index contributed by atoms with van der Waals surface area (Å²) < 4.78 is 7.43. The molecule has 36 heavy (non-hydrogen) atoms. The fourth-order valence-electron chi connectivity index (χ4n) is 5.12. The maximum absolute atomic E-state index is 13.8. The molecule has 0 bridgehead atoms. The van der Waals surface area contributed by atoms with Crippen LogP contribution in [-0.4, -0.2) is 63.9 Å². The van der Waals surface area contributed by atoms with Gasteiger partial charge >= 0.3 is 6.03 Å². The van der Waals surface area contributed by atoms with E-state index >= 15 is 0 Å². The first-order chi connectivity index (χ1) is 17.4. The van der Waals surface area contributed by atoms with Crippen LogP contribution in [0.2, 0.25) is 0 Å². The average molecular weight is 491 g/mol. The van der Waals surface area contributed by atoms with Gasteiger partial charge in [-0.05, 0) is 57.2 Å². The lowest BCUT2D eigenvalue weighted by Gasteiger charge is -2.33. The Bertz CT molecular complexity index is 1310. The number of pyridine rings is 1. The van der Waals surface area contributed by atoms with E-state index in [0.29, 0.717) is 36.9 Å². The van der Waals surface area contributed by atoms with Crippen molar-refractivity contribution in [2.45, 2.75) is 58.2 Å². The van der Waals surface area contributed by atoms with Crippen LogP contribution in [0, 0.1) is 6.92 Å². The number of rotatable bonds is 5. The first kappa shape index (κ1) is 24.2. The molecule has 190 valence electrons. The third-order valence-corrected chi connectivity index (χ3v) is 6.93. The summed E-state index contributed by atoms with van der Waals surface area (Å²) in [6, 6.07) is 9.83. The molecule has 4 heterocycles. The molecule has 1 aromatic carbocycles. The number of ether oxygens (including phenoxy) is 1. The van der Waals surface area contributed by atoms with Gasteiger partial charge in [0.2, 0.25) is 5.95 Å². The normalized spacial score (nSPS) is 20.2. The van der Waals surface area contributed by atoms with E-state index in [0.717, 1.165) is 42.3 Å². The van der Waals surface area contributed by atoms with Gasteiger partial charge in [-0.2, -0.15) is 4.98 Å². The van der Waals surface area contributed by atoms with E-state index in [4.69, 9.17) is 9.72 Å². The van der Waals surface area contributed by atoms with Crippen LogP contribution in [0.25, 0.3) is 22.2 Å². The van der Waals surface area contributed by atoms with Gasteiger partial charge in [0.1, 0.15) is 5.65 Å². The number of nitrogens with zero attached hydrogens (tertiary/aromatic N) is 4. The number of piperidine rings is 1. The Hall–Kier alpha value is -3.46. The molecule has 2 fully saturated rings. The largest absolute Gasteiger partial charge is 0.379 e. The molecule has 2 aliphatic rings. The van der Waals surface area contributed by atoms with Gasteiger partial charge in [0.15, 0.2) is 0 Å². The molecule has 0 radical (unpaired) electrons. The minimum Gasteiger partial charge on any atom is -0.379 e. The molecule has 0 spiro atoms. The molecule has 2 saturated heterocycles. The Morgan fingerprint density at radius 3 is 2.78 bits per heavy atom. The lowest BCUT2D eigenvalue weighted by atomic mass is 10.0. The van der Waals surface area contributed by atoms with E-state index in [1.54, 1.807) is 10.8 Å². The summed E-state index contributed by atoms with van der Waals surface area (Å²) >= 11 is 0. The summed E-state index contributed by atoms with van der Waals surface area (Å²) in [5, 5.41) is 7.19. The number of carbonyl (C=O) groups excluding carboxylic acids is 1. The Morgan fingerprint density at radius 2 is 2.03 bits per heavy atom. The highest BCUT2D eigenvalue weighted by molar-refractivity contribution is 5.82. The summed E-state index contributed by atoms with van der Waals surface area (Å²) in [6.07, 6.45) is 4.37. The molecule has 2 amide bonds. The van der Waals surface area contributed by atoms with Crippen LogP contribution in [-0.2, 0) is 4.74 Å². The fraction of sp³-hybridized carbons (Fsp3) is 0.481. The van der Waals surface area contributed by atoms with Crippen molar-refractivity contribution in [2.75, 3.05) is 31.6 Å². The highest BCUT2D eigenvalue weighted by Gasteiger charge is 2.26. The van der Waals surface area contributed by atoms with E-state index in [9.17, 15) is 9.59 Å². The third kappa shape index (κ3) is 4.93. The topological polar surface area (TPSA) is 101 Å². The molecular weight excluding hydrogens is 456 g/mol. The first-order valence-electron chi connectivity index (χ1n) is 12.8. The average Bonchev–Trinajstić information content (AvgIpc) is 3.38. The highest BCUT2D eigenvalue weighted by Crippen LogP contribution is 2.28. The standard InChI is InChI=1S/C27H34N6O3/c1-17(2)29-27(35)32-11-6-8-20(15-32)30-26-28-14-19-13-23(22-9-5-4-7-18(22)3)25(34)33(24(19)31-26)21-10-12-36-16-21/h4-5,7,9,13-14,17,20-21H,6,8,10-12,15-16H2,1-3H3,(H,29,35)(H,28,30,31)/t20-,21-/m1/s1. The zero-order valence-corrected chi connectivity index (χ0v) is 21.2. The second-order valence-electron chi connectivity index (χ2n) is 10.1. The summed E-state index contributed by atoms with van der Waals surface area (Å²) in [7, 11) is 0. The second kappa shape index (κ2) is 10.3. The number of urea groups is 1. The van der Waals surface area contributed by atoms with Crippen LogP contribution < -0.4 is 16.2 Å². The fourth-order valence-corrected chi connectivity index (χ4v) is 5.12. The SMILES string of the molecule is Cc1ccccc1-c1cc2cnc(N[C@@H]3CCCN(C(=O)NC(C)C)C3)nc2n([C@@H]2CCOC2)c1=O. The molecule has 9 nitrogen and oxygen atoms in total. The van der Waals surface area contributed by atoms with Crippen LogP contribution in [0.15, 0.2) is 41.3 Å². The Kier molecular flexibility index (Phi) is 6.91. The first-order valence-corrected chi connectivity index (χ1v) is 12.8. The minimum absolute atomic E-state index is 0.0374. The quantitative estimate of drug-likeness (QED) is 0.565. The van der Waals surface area contributed by atoms with Crippen LogP contribution in [0.5, 0.6) is 0 Å². The predicted molar refractivity (Wildman–Crippen MR) is 140 cm³/mol. The Labute approximate surface area is 210 Å². The third-order valence-electron chi connectivity index (χ3n) is 6.93. The number of aromatic nitrogens is 3. The summed E-state index contributed by atoms with van der Waals surface area (Å²) in [5.74, 6) is 0.467. The number of aryl methyl sites for hydroxylation is 1. The second-order valence-corrected chi connectivity index (χ2v) is 10.1. The number of benzene rings is 1. The van der Waals surface area contributed by atoms with Crippen molar-refractivity contribution in [3.05, 3.63) is 52.4 Å². The van der Waals surface area contributed by atoms with Gasteiger partial charge in [0.05, 0.1) is 12.6 Å². The number of hydrogen-bond acceptors (Lipinski definition) is 6. The molecule has 5 rings (SSSR count). The van der Waals surface area contributed by atoms with Crippen LogP contribution in [0.1, 0.15) is 44.7 Å². The number of anilines is 1. The van der Waals surface area contributed by atoms with E-state index in [2.05, 4.69) is 15.6 Å². The van der Waals surface area contributed by atoms with Crippen molar-refractivity contribution in [3.63, 3.8) is 0 Å². The van der Waals surface area contributed by atoms with Crippen molar-refractivity contribution >= 4 is 23.0 Å². The molecule has 0 aliphatic carbocycles. The monoisotopic (exact) mass is 490 g/mol. The lowest BCUT2D eigenvalue weighted by molar-refractivity contribution is 0.180. The van der Waals surface area contributed by atoms with Crippen molar-refractivity contribution in [1.29, 1.82) is 0 Å². The number of hydrogen-bond donors (Lipinski definition) is 2. The molecule has 0 saturated carbocycles. The number of amides is 2. The summed E-state index contributed by atoms with van der Waals surface area (Å²) in [6.45, 7) is 8.36. The molecule has 2 N–H and O–H groups in total. The molecule has 2 aliphatic heterocycles. The van der Waals surface area contributed by atoms with Gasteiger partial charge in [-0.15, -0.1) is 0 Å². The highest BCUT2D eigenvalue weighted by atomic mass is 16.5. The summed E-state index contributed by atoms with van der Waals surface area (Å²) in [5.41, 5.74) is 3.16. The number of fused-ring (bicyclic) bond motifs is 1.